The number of hydrogen-bond donors (Lipinski definition) is 0. The van der Waals surface area contributed by atoms with Gasteiger partial charge in [-0.1, -0.05) is 42.0 Å². The summed E-state index contributed by atoms with van der Waals surface area (Å²) in [4.78, 5) is 0. The van der Waals surface area contributed by atoms with Gasteiger partial charge in [-0.3, -0.25) is 0 Å². The molecule has 0 saturated heterocycles. The molecule has 0 aliphatic carbocycles. The normalized spacial score (nSPS) is 10.1. The molecule has 0 fully saturated rings. The molecule has 1 nitrogen and oxygen atoms in total. The monoisotopic (exact) mass is 216 g/mol. The first kappa shape index (κ1) is 10.7. The quantitative estimate of drug-likeness (QED) is 0.759. The van der Waals surface area contributed by atoms with E-state index in [0.29, 0.717) is 12.4 Å². The summed E-state index contributed by atoms with van der Waals surface area (Å²) < 4.78 is 18.6. The molecule has 0 aliphatic rings. The van der Waals surface area contributed by atoms with Crippen LogP contribution < -0.4 is 4.74 Å². The van der Waals surface area contributed by atoms with E-state index in [4.69, 9.17) is 4.74 Å². The lowest BCUT2D eigenvalue weighted by Gasteiger charge is -2.07. The second-order valence-corrected chi connectivity index (χ2v) is 3.71. The van der Waals surface area contributed by atoms with Crippen LogP contribution in [0.25, 0.3) is 0 Å². The predicted octanol–water partition coefficient (Wildman–Crippen LogP) is 3.71. The summed E-state index contributed by atoms with van der Waals surface area (Å²) in [7, 11) is 0. The lowest BCUT2D eigenvalue weighted by atomic mass is 10.1. The fourth-order valence-corrected chi connectivity index (χ4v) is 1.52. The Morgan fingerprint density at radius 1 is 1.06 bits per heavy atom. The molecule has 2 aromatic carbocycles. The third-order valence-electron chi connectivity index (χ3n) is 2.31. The third kappa shape index (κ3) is 2.60. The van der Waals surface area contributed by atoms with E-state index in [0.717, 1.165) is 5.56 Å². The molecule has 16 heavy (non-hydrogen) atoms. The van der Waals surface area contributed by atoms with Gasteiger partial charge in [-0.25, -0.2) is 4.39 Å². The SMILES string of the molecule is Cc1cccc(COc2ccccc2F)c1. The number of hydrogen-bond acceptors (Lipinski definition) is 1. The van der Waals surface area contributed by atoms with E-state index in [1.807, 2.05) is 31.2 Å². The number of aryl methyl sites for hydroxylation is 1. The number of rotatable bonds is 3. The van der Waals surface area contributed by atoms with E-state index in [2.05, 4.69) is 0 Å². The highest BCUT2D eigenvalue weighted by Gasteiger charge is 2.01. The zero-order chi connectivity index (χ0) is 11.4. The molecule has 0 spiro atoms. The van der Waals surface area contributed by atoms with Crippen LogP contribution in [0.4, 0.5) is 4.39 Å². The van der Waals surface area contributed by atoms with Crippen molar-refractivity contribution >= 4 is 0 Å². The minimum atomic E-state index is -0.324. The van der Waals surface area contributed by atoms with Gasteiger partial charge in [0.2, 0.25) is 0 Å². The zero-order valence-electron chi connectivity index (χ0n) is 9.11. The molecular weight excluding hydrogens is 203 g/mol. The number of para-hydroxylation sites is 1. The van der Waals surface area contributed by atoms with Gasteiger partial charge in [0.1, 0.15) is 6.61 Å². The van der Waals surface area contributed by atoms with Crippen LogP contribution in [0, 0.1) is 12.7 Å². The molecule has 2 aromatic rings. The van der Waals surface area contributed by atoms with Crippen LogP contribution in [0.15, 0.2) is 48.5 Å². The van der Waals surface area contributed by atoms with E-state index in [1.165, 1.54) is 11.6 Å². The maximum atomic E-state index is 13.2. The highest BCUT2D eigenvalue weighted by atomic mass is 19.1. The molecule has 2 heteroatoms. The number of ether oxygens (including phenoxy) is 1. The first-order chi connectivity index (χ1) is 7.75. The van der Waals surface area contributed by atoms with Crippen molar-refractivity contribution in [1.82, 2.24) is 0 Å². The molecule has 0 aromatic heterocycles. The fourth-order valence-electron chi connectivity index (χ4n) is 1.52. The van der Waals surface area contributed by atoms with Gasteiger partial charge in [0.15, 0.2) is 11.6 Å². The minimum absolute atomic E-state index is 0.295. The Morgan fingerprint density at radius 3 is 2.62 bits per heavy atom. The van der Waals surface area contributed by atoms with E-state index in [9.17, 15) is 4.39 Å². The zero-order valence-corrected chi connectivity index (χ0v) is 9.11. The molecule has 0 N–H and O–H groups in total. The van der Waals surface area contributed by atoms with E-state index in [-0.39, 0.29) is 5.82 Å². The standard InChI is InChI=1S/C14H13FO/c1-11-5-4-6-12(9-11)10-16-14-8-3-2-7-13(14)15/h2-9H,10H2,1H3. The molecule has 0 bridgehead atoms. The summed E-state index contributed by atoms with van der Waals surface area (Å²) in [5.74, 6) is -0.0286. The molecule has 82 valence electrons. The molecule has 0 atom stereocenters. The largest absolute Gasteiger partial charge is 0.486 e. The van der Waals surface area contributed by atoms with Crippen LogP contribution in [0.3, 0.4) is 0 Å². The Kier molecular flexibility index (Phi) is 3.20. The van der Waals surface area contributed by atoms with Gasteiger partial charge in [0.25, 0.3) is 0 Å². The maximum absolute atomic E-state index is 13.2. The van der Waals surface area contributed by atoms with Crippen LogP contribution in [-0.2, 0) is 6.61 Å². The second kappa shape index (κ2) is 4.79. The third-order valence-corrected chi connectivity index (χ3v) is 2.31. The van der Waals surface area contributed by atoms with Crippen molar-refractivity contribution < 1.29 is 9.13 Å². The summed E-state index contributed by atoms with van der Waals surface area (Å²) >= 11 is 0. The first-order valence-corrected chi connectivity index (χ1v) is 5.18. The van der Waals surface area contributed by atoms with Crippen LogP contribution in [-0.4, -0.2) is 0 Å². The van der Waals surface area contributed by atoms with Gasteiger partial charge in [0, 0.05) is 0 Å². The molecular formula is C14H13FO. The molecule has 0 aliphatic heterocycles. The van der Waals surface area contributed by atoms with Gasteiger partial charge < -0.3 is 4.74 Å². The lowest BCUT2D eigenvalue weighted by Crippen LogP contribution is -1.97. The Hall–Kier alpha value is -1.83. The minimum Gasteiger partial charge on any atom is -0.486 e. The Labute approximate surface area is 94.5 Å². The summed E-state index contributed by atoms with van der Waals surface area (Å²) in [5.41, 5.74) is 2.22. The van der Waals surface area contributed by atoms with E-state index >= 15 is 0 Å². The van der Waals surface area contributed by atoms with Crippen LogP contribution >= 0.6 is 0 Å². The van der Waals surface area contributed by atoms with Crippen LogP contribution in [0.2, 0.25) is 0 Å². The first-order valence-electron chi connectivity index (χ1n) is 5.18. The highest BCUT2D eigenvalue weighted by Crippen LogP contribution is 2.17. The molecule has 0 heterocycles. The Balaban J connectivity index is 2.05. The van der Waals surface area contributed by atoms with Crippen molar-refractivity contribution in [3.63, 3.8) is 0 Å². The summed E-state index contributed by atoms with van der Waals surface area (Å²) in [6.45, 7) is 2.41. The van der Waals surface area contributed by atoms with Gasteiger partial charge in [0.05, 0.1) is 0 Å². The molecule has 0 saturated carbocycles. The predicted molar refractivity (Wildman–Crippen MR) is 61.9 cm³/mol. The van der Waals surface area contributed by atoms with Gasteiger partial charge in [-0.15, -0.1) is 0 Å². The van der Waals surface area contributed by atoms with Crippen molar-refractivity contribution in [3.05, 3.63) is 65.5 Å². The molecule has 0 amide bonds. The van der Waals surface area contributed by atoms with Crippen molar-refractivity contribution in [2.75, 3.05) is 0 Å². The topological polar surface area (TPSA) is 9.23 Å². The van der Waals surface area contributed by atoms with Gasteiger partial charge >= 0.3 is 0 Å². The fraction of sp³-hybridized carbons (Fsp3) is 0.143. The smallest absolute Gasteiger partial charge is 0.165 e. The number of halogens is 1. The Morgan fingerprint density at radius 2 is 1.88 bits per heavy atom. The average molecular weight is 216 g/mol. The lowest BCUT2D eigenvalue weighted by molar-refractivity contribution is 0.290. The van der Waals surface area contributed by atoms with Crippen LogP contribution in [0.5, 0.6) is 5.75 Å². The van der Waals surface area contributed by atoms with Crippen molar-refractivity contribution in [3.8, 4) is 5.75 Å². The molecule has 2 rings (SSSR count). The molecule has 0 unspecified atom stereocenters. The maximum Gasteiger partial charge on any atom is 0.165 e. The van der Waals surface area contributed by atoms with Crippen LogP contribution in [0.1, 0.15) is 11.1 Å². The van der Waals surface area contributed by atoms with Gasteiger partial charge in [-0.05, 0) is 24.6 Å². The van der Waals surface area contributed by atoms with Crippen molar-refractivity contribution in [2.45, 2.75) is 13.5 Å². The second-order valence-electron chi connectivity index (χ2n) is 3.71. The summed E-state index contributed by atoms with van der Waals surface area (Å²) in [6.07, 6.45) is 0. The average Bonchev–Trinajstić information content (AvgIpc) is 2.28. The molecule has 0 radical (unpaired) electrons. The van der Waals surface area contributed by atoms with E-state index < -0.39 is 0 Å². The van der Waals surface area contributed by atoms with Gasteiger partial charge in [-0.2, -0.15) is 0 Å². The van der Waals surface area contributed by atoms with Crippen molar-refractivity contribution in [2.24, 2.45) is 0 Å². The number of benzene rings is 2. The summed E-state index contributed by atoms with van der Waals surface area (Å²) in [6, 6.07) is 14.4. The Bertz CT molecular complexity index is 480. The van der Waals surface area contributed by atoms with Crippen molar-refractivity contribution in [1.29, 1.82) is 0 Å². The highest BCUT2D eigenvalue weighted by molar-refractivity contribution is 5.25. The van der Waals surface area contributed by atoms with E-state index in [1.54, 1.807) is 18.2 Å². The summed E-state index contributed by atoms with van der Waals surface area (Å²) in [5, 5.41) is 0.